The van der Waals surface area contributed by atoms with Crippen LogP contribution in [0.1, 0.15) is 42.3 Å². The number of rotatable bonds is 7. The van der Waals surface area contributed by atoms with E-state index in [1.165, 1.54) is 19.8 Å². The van der Waals surface area contributed by atoms with Gasteiger partial charge in [-0.2, -0.15) is 0 Å². The predicted octanol–water partition coefficient (Wildman–Crippen LogP) is 5.36. The molecule has 1 nitrogen and oxygen atoms in total. The fraction of sp³-hybridized carbons (Fsp3) is 0.412. The lowest BCUT2D eigenvalue weighted by molar-refractivity contribution is 0.536. The Bertz CT molecular complexity index is 518. The van der Waals surface area contributed by atoms with E-state index in [4.69, 9.17) is 0 Å². The summed E-state index contributed by atoms with van der Waals surface area (Å²) in [5, 5.41) is 3.67. The van der Waals surface area contributed by atoms with E-state index in [0.29, 0.717) is 6.04 Å². The Morgan fingerprint density at radius 1 is 1.05 bits per heavy atom. The fourth-order valence-corrected chi connectivity index (χ4v) is 3.75. The maximum Gasteiger partial charge on any atom is 0.0701 e. The molecule has 1 unspecified atom stereocenters. The van der Waals surface area contributed by atoms with Crippen LogP contribution in [-0.4, -0.2) is 6.54 Å². The van der Waals surface area contributed by atoms with E-state index in [2.05, 4.69) is 71.5 Å². The molecular weight excluding hydrogens is 330 g/mol. The van der Waals surface area contributed by atoms with Crippen LogP contribution >= 0.6 is 27.3 Å². The smallest absolute Gasteiger partial charge is 0.0701 e. The van der Waals surface area contributed by atoms with Gasteiger partial charge in [-0.05, 0) is 65.0 Å². The second-order valence-corrected chi connectivity index (χ2v) is 7.52. The fourth-order valence-electron chi connectivity index (χ4n) is 2.25. The largest absolute Gasteiger partial charge is 0.309 e. The van der Waals surface area contributed by atoms with E-state index < -0.39 is 0 Å². The lowest BCUT2D eigenvalue weighted by Gasteiger charge is -2.17. The first-order valence-electron chi connectivity index (χ1n) is 7.29. The van der Waals surface area contributed by atoms with E-state index in [0.717, 1.165) is 25.8 Å². The first-order valence-corrected chi connectivity index (χ1v) is 8.90. The Balaban J connectivity index is 2.10. The van der Waals surface area contributed by atoms with Gasteiger partial charge in [0.05, 0.1) is 3.79 Å². The van der Waals surface area contributed by atoms with Gasteiger partial charge in [-0.15, -0.1) is 11.3 Å². The monoisotopic (exact) mass is 351 g/mol. The van der Waals surface area contributed by atoms with Crippen LogP contribution in [0.25, 0.3) is 0 Å². The molecule has 1 aromatic carbocycles. The molecule has 0 aliphatic carbocycles. The van der Waals surface area contributed by atoms with Crippen molar-refractivity contribution in [3.8, 4) is 0 Å². The third-order valence-electron chi connectivity index (χ3n) is 3.45. The summed E-state index contributed by atoms with van der Waals surface area (Å²) in [7, 11) is 0. The highest BCUT2D eigenvalue weighted by atomic mass is 79.9. The summed E-state index contributed by atoms with van der Waals surface area (Å²) in [5.41, 5.74) is 2.81. The van der Waals surface area contributed by atoms with Crippen LogP contribution in [0.4, 0.5) is 0 Å². The normalized spacial score (nSPS) is 12.6. The minimum absolute atomic E-state index is 0.415. The second kappa shape index (κ2) is 7.96. The van der Waals surface area contributed by atoms with Gasteiger partial charge in [-0.25, -0.2) is 0 Å². The lowest BCUT2D eigenvalue weighted by atomic mass is 10.0. The van der Waals surface area contributed by atoms with Crippen LogP contribution in [0.5, 0.6) is 0 Å². The van der Waals surface area contributed by atoms with Gasteiger partial charge in [0.1, 0.15) is 0 Å². The van der Waals surface area contributed by atoms with E-state index in [-0.39, 0.29) is 0 Å². The standard InChI is InChI=1S/C17H22BrNS/c1-3-11-19-15(16-9-10-17(18)20-16)12-14-7-5-13(4-2)6-8-14/h5-10,15,19H,3-4,11-12H2,1-2H3. The maximum absolute atomic E-state index is 3.67. The van der Waals surface area contributed by atoms with Gasteiger partial charge >= 0.3 is 0 Å². The van der Waals surface area contributed by atoms with Gasteiger partial charge in [0.2, 0.25) is 0 Å². The highest BCUT2D eigenvalue weighted by molar-refractivity contribution is 9.11. The molecule has 1 atom stereocenters. The van der Waals surface area contributed by atoms with Crippen molar-refractivity contribution >= 4 is 27.3 Å². The van der Waals surface area contributed by atoms with Crippen molar-refractivity contribution in [2.45, 2.75) is 39.2 Å². The molecule has 0 saturated heterocycles. The Kier molecular flexibility index (Phi) is 6.27. The highest BCUT2D eigenvalue weighted by Crippen LogP contribution is 2.29. The van der Waals surface area contributed by atoms with Crippen LogP contribution in [0.15, 0.2) is 40.2 Å². The van der Waals surface area contributed by atoms with Crippen molar-refractivity contribution in [3.05, 3.63) is 56.2 Å². The predicted molar refractivity (Wildman–Crippen MR) is 92.6 cm³/mol. The number of benzene rings is 1. The molecule has 0 radical (unpaired) electrons. The number of hydrogen-bond donors (Lipinski definition) is 1. The molecule has 0 aliphatic rings. The van der Waals surface area contributed by atoms with Gasteiger partial charge in [0.25, 0.3) is 0 Å². The molecular formula is C17H22BrNS. The summed E-state index contributed by atoms with van der Waals surface area (Å²) < 4.78 is 1.21. The summed E-state index contributed by atoms with van der Waals surface area (Å²) in [5.74, 6) is 0. The molecule has 20 heavy (non-hydrogen) atoms. The molecule has 0 bridgehead atoms. The molecule has 2 rings (SSSR count). The van der Waals surface area contributed by atoms with Gasteiger partial charge in [-0.3, -0.25) is 0 Å². The zero-order valence-electron chi connectivity index (χ0n) is 12.2. The SMILES string of the molecule is CCCNC(Cc1ccc(CC)cc1)c1ccc(Br)s1. The van der Waals surface area contributed by atoms with E-state index >= 15 is 0 Å². The Labute approximate surface area is 134 Å². The molecule has 0 spiro atoms. The highest BCUT2D eigenvalue weighted by Gasteiger charge is 2.13. The molecule has 0 fully saturated rings. The average Bonchev–Trinajstić information content (AvgIpc) is 2.90. The van der Waals surface area contributed by atoms with Crippen molar-refractivity contribution in [3.63, 3.8) is 0 Å². The summed E-state index contributed by atoms with van der Waals surface area (Å²) in [6, 6.07) is 13.8. The molecule has 2 aromatic rings. The summed E-state index contributed by atoms with van der Waals surface area (Å²) >= 11 is 5.39. The van der Waals surface area contributed by atoms with Gasteiger partial charge in [0, 0.05) is 10.9 Å². The summed E-state index contributed by atoms with van der Waals surface area (Å²) in [6.45, 7) is 5.47. The second-order valence-electron chi connectivity index (χ2n) is 5.02. The molecule has 1 heterocycles. The number of hydrogen-bond acceptors (Lipinski definition) is 2. The topological polar surface area (TPSA) is 12.0 Å². The Morgan fingerprint density at radius 2 is 1.75 bits per heavy atom. The van der Waals surface area contributed by atoms with Crippen molar-refractivity contribution in [1.29, 1.82) is 0 Å². The molecule has 3 heteroatoms. The van der Waals surface area contributed by atoms with Gasteiger partial charge in [-0.1, -0.05) is 38.1 Å². The Hall–Kier alpha value is -0.640. The molecule has 0 saturated carbocycles. The van der Waals surface area contributed by atoms with Crippen LogP contribution in [0.2, 0.25) is 0 Å². The average molecular weight is 352 g/mol. The Morgan fingerprint density at radius 3 is 2.30 bits per heavy atom. The first kappa shape index (κ1) is 15.7. The number of halogens is 1. The zero-order valence-corrected chi connectivity index (χ0v) is 14.6. The van der Waals surface area contributed by atoms with Crippen LogP contribution < -0.4 is 5.32 Å². The van der Waals surface area contributed by atoms with Gasteiger partial charge < -0.3 is 5.32 Å². The molecule has 1 aromatic heterocycles. The zero-order chi connectivity index (χ0) is 14.4. The maximum atomic E-state index is 3.67. The number of thiophene rings is 1. The quantitative estimate of drug-likeness (QED) is 0.708. The summed E-state index contributed by atoms with van der Waals surface area (Å²) in [6.07, 6.45) is 3.32. The molecule has 0 amide bonds. The lowest BCUT2D eigenvalue weighted by Crippen LogP contribution is -2.23. The van der Waals surface area contributed by atoms with E-state index in [1.54, 1.807) is 0 Å². The number of aryl methyl sites for hydroxylation is 1. The molecule has 108 valence electrons. The van der Waals surface area contributed by atoms with Crippen molar-refractivity contribution in [1.82, 2.24) is 5.32 Å². The van der Waals surface area contributed by atoms with E-state index in [1.807, 2.05) is 11.3 Å². The van der Waals surface area contributed by atoms with Gasteiger partial charge in [0.15, 0.2) is 0 Å². The minimum atomic E-state index is 0.415. The third kappa shape index (κ3) is 4.44. The van der Waals surface area contributed by atoms with Crippen molar-refractivity contribution < 1.29 is 0 Å². The molecule has 0 aliphatic heterocycles. The summed E-state index contributed by atoms with van der Waals surface area (Å²) in [4.78, 5) is 1.41. The first-order chi connectivity index (χ1) is 9.72. The number of nitrogens with one attached hydrogen (secondary N) is 1. The van der Waals surface area contributed by atoms with Crippen LogP contribution in [0.3, 0.4) is 0 Å². The van der Waals surface area contributed by atoms with E-state index in [9.17, 15) is 0 Å². The van der Waals surface area contributed by atoms with Crippen LogP contribution in [0, 0.1) is 0 Å². The third-order valence-corrected chi connectivity index (χ3v) is 5.19. The van der Waals surface area contributed by atoms with Crippen molar-refractivity contribution in [2.75, 3.05) is 6.54 Å². The minimum Gasteiger partial charge on any atom is -0.309 e. The van der Waals surface area contributed by atoms with Crippen molar-refractivity contribution in [2.24, 2.45) is 0 Å². The molecule has 1 N–H and O–H groups in total. The van der Waals surface area contributed by atoms with Crippen LogP contribution in [-0.2, 0) is 12.8 Å².